The summed E-state index contributed by atoms with van der Waals surface area (Å²) in [5.74, 6) is 0.500. The van der Waals surface area contributed by atoms with E-state index in [0.717, 1.165) is 27.7 Å². The van der Waals surface area contributed by atoms with Crippen molar-refractivity contribution in [1.82, 2.24) is 15.0 Å². The van der Waals surface area contributed by atoms with E-state index < -0.39 is 23.4 Å². The van der Waals surface area contributed by atoms with Gasteiger partial charge in [0.15, 0.2) is 5.13 Å². The maximum absolute atomic E-state index is 12.8. The third-order valence-corrected chi connectivity index (χ3v) is 6.62. The number of ether oxygens (including phenoxy) is 1. The van der Waals surface area contributed by atoms with Crippen LogP contribution in [0.4, 0.5) is 34.5 Å². The van der Waals surface area contributed by atoms with Crippen molar-refractivity contribution < 1.29 is 27.8 Å². The molecule has 2 aromatic carbocycles. The van der Waals surface area contributed by atoms with Crippen molar-refractivity contribution >= 4 is 33.9 Å². The quantitative estimate of drug-likeness (QED) is 0.290. The SMILES string of the molecule is CC1(O)CN(c2ncc(-c3ccc(Oc4ncc(NC(=O)Nc5cccc(C(F)(F)F)c5)cn4)cc3)s2)C1. The van der Waals surface area contributed by atoms with Crippen molar-refractivity contribution in [1.29, 1.82) is 0 Å². The third-order valence-electron chi connectivity index (χ3n) is 5.51. The van der Waals surface area contributed by atoms with Crippen molar-refractivity contribution in [3.05, 3.63) is 72.7 Å². The van der Waals surface area contributed by atoms with Crippen molar-refractivity contribution in [2.45, 2.75) is 18.7 Å². The Balaban J connectivity index is 1.15. The Hall–Kier alpha value is -4.23. The van der Waals surface area contributed by atoms with Gasteiger partial charge >= 0.3 is 18.2 Å². The Morgan fingerprint density at radius 3 is 2.37 bits per heavy atom. The average molecular weight is 543 g/mol. The highest BCUT2D eigenvalue weighted by Crippen LogP contribution is 2.36. The van der Waals surface area contributed by atoms with E-state index in [1.165, 1.54) is 35.9 Å². The lowest BCUT2D eigenvalue weighted by Crippen LogP contribution is -2.60. The number of hydrogen-bond donors (Lipinski definition) is 3. The second-order valence-corrected chi connectivity index (χ2v) is 9.91. The molecule has 1 aliphatic rings. The van der Waals surface area contributed by atoms with E-state index in [0.29, 0.717) is 18.8 Å². The van der Waals surface area contributed by atoms with E-state index in [1.54, 1.807) is 25.3 Å². The standard InChI is InChI=1S/C25H21F3N6O3S/c1-24(36)13-34(14-24)23-31-12-20(38-23)15-5-7-19(8-6-15)37-22-29-10-18(11-30-22)33-21(35)32-17-4-2-3-16(9-17)25(26,27)28/h2-12,36H,13-14H2,1H3,(H2,32,33,35). The number of hydrogen-bond acceptors (Lipinski definition) is 8. The van der Waals surface area contributed by atoms with E-state index in [2.05, 4.69) is 25.6 Å². The van der Waals surface area contributed by atoms with Gasteiger partial charge in [0.25, 0.3) is 0 Å². The highest BCUT2D eigenvalue weighted by molar-refractivity contribution is 7.18. The number of amides is 2. The third kappa shape index (κ3) is 6.01. The van der Waals surface area contributed by atoms with Crippen LogP contribution < -0.4 is 20.3 Å². The summed E-state index contributed by atoms with van der Waals surface area (Å²) < 4.78 is 44.2. The predicted molar refractivity (Wildman–Crippen MR) is 137 cm³/mol. The lowest BCUT2D eigenvalue weighted by Gasteiger charge is -2.44. The van der Waals surface area contributed by atoms with E-state index in [9.17, 15) is 23.1 Å². The number of nitrogens with one attached hydrogen (secondary N) is 2. The molecule has 1 aliphatic heterocycles. The lowest BCUT2D eigenvalue weighted by molar-refractivity contribution is -0.137. The minimum Gasteiger partial charge on any atom is -0.424 e. The van der Waals surface area contributed by atoms with Gasteiger partial charge < -0.3 is 25.4 Å². The molecule has 1 saturated heterocycles. The number of β-amino-alcohol motifs (C(OH)–C–C–N with tert-alkyl or cyclic N) is 1. The number of aromatic nitrogens is 3. The molecule has 0 radical (unpaired) electrons. The fourth-order valence-corrected chi connectivity index (χ4v) is 4.67. The predicted octanol–water partition coefficient (Wildman–Crippen LogP) is 5.63. The maximum Gasteiger partial charge on any atom is 0.416 e. The Morgan fingerprint density at radius 1 is 1.03 bits per heavy atom. The van der Waals surface area contributed by atoms with Gasteiger partial charge in [-0.3, -0.25) is 0 Å². The molecule has 2 aromatic heterocycles. The number of carbonyl (C=O) groups is 1. The van der Waals surface area contributed by atoms with Gasteiger partial charge in [-0.1, -0.05) is 17.4 Å². The van der Waals surface area contributed by atoms with Gasteiger partial charge in [0.2, 0.25) is 0 Å². The first-order chi connectivity index (χ1) is 18.0. The van der Waals surface area contributed by atoms with Gasteiger partial charge in [-0.2, -0.15) is 13.2 Å². The second kappa shape index (κ2) is 9.91. The number of aliphatic hydroxyl groups is 1. The van der Waals surface area contributed by atoms with Crippen LogP contribution in [0.3, 0.4) is 0 Å². The first kappa shape index (κ1) is 25.4. The second-order valence-electron chi connectivity index (χ2n) is 8.90. The van der Waals surface area contributed by atoms with E-state index in [1.807, 2.05) is 17.0 Å². The molecule has 4 aromatic rings. The van der Waals surface area contributed by atoms with Crippen LogP contribution in [0, 0.1) is 0 Å². The number of anilines is 3. The summed E-state index contributed by atoms with van der Waals surface area (Å²) in [4.78, 5) is 27.7. The molecule has 5 rings (SSSR count). The monoisotopic (exact) mass is 542 g/mol. The van der Waals surface area contributed by atoms with Crippen LogP contribution in [0.5, 0.6) is 11.8 Å². The molecule has 0 atom stereocenters. The summed E-state index contributed by atoms with van der Waals surface area (Å²) in [5, 5.41) is 15.6. The largest absolute Gasteiger partial charge is 0.424 e. The number of urea groups is 1. The van der Waals surface area contributed by atoms with Crippen LogP contribution in [0.15, 0.2) is 67.1 Å². The van der Waals surface area contributed by atoms with Gasteiger partial charge in [-0.15, -0.1) is 0 Å². The fraction of sp³-hybridized carbons (Fsp3) is 0.200. The summed E-state index contributed by atoms with van der Waals surface area (Å²) in [6, 6.07) is 10.9. The molecule has 13 heteroatoms. The molecule has 1 fully saturated rings. The summed E-state index contributed by atoms with van der Waals surface area (Å²) in [6.07, 6.45) is -0.0928. The van der Waals surface area contributed by atoms with Crippen LogP contribution in [-0.2, 0) is 6.18 Å². The summed E-state index contributed by atoms with van der Waals surface area (Å²) in [7, 11) is 0. The summed E-state index contributed by atoms with van der Waals surface area (Å²) in [5.41, 5.74) is -0.362. The molecule has 0 bridgehead atoms. The normalized spacial score (nSPS) is 14.5. The zero-order chi connectivity index (χ0) is 26.9. The molecule has 3 N–H and O–H groups in total. The molecular formula is C25H21F3N6O3S. The minimum absolute atomic E-state index is 0.00936. The molecule has 38 heavy (non-hydrogen) atoms. The number of benzene rings is 2. The van der Waals surface area contributed by atoms with Crippen molar-refractivity contribution in [2.24, 2.45) is 0 Å². The Kier molecular flexibility index (Phi) is 6.63. The zero-order valence-electron chi connectivity index (χ0n) is 19.9. The van der Waals surface area contributed by atoms with Gasteiger partial charge in [0.1, 0.15) is 5.75 Å². The van der Waals surface area contributed by atoms with Crippen LogP contribution >= 0.6 is 11.3 Å². The highest BCUT2D eigenvalue weighted by Gasteiger charge is 2.38. The topological polar surface area (TPSA) is 113 Å². The minimum atomic E-state index is -4.51. The number of alkyl halides is 3. The average Bonchev–Trinajstić information content (AvgIpc) is 3.34. The Morgan fingerprint density at radius 2 is 1.71 bits per heavy atom. The molecule has 196 valence electrons. The van der Waals surface area contributed by atoms with Crippen molar-refractivity contribution in [2.75, 3.05) is 28.6 Å². The first-order valence-corrected chi connectivity index (χ1v) is 12.1. The van der Waals surface area contributed by atoms with E-state index in [-0.39, 0.29) is 17.4 Å². The number of thiazole rings is 1. The fourth-order valence-electron chi connectivity index (χ4n) is 3.75. The van der Waals surface area contributed by atoms with Gasteiger partial charge in [-0.05, 0) is 55.0 Å². The van der Waals surface area contributed by atoms with E-state index in [4.69, 9.17) is 4.74 Å². The van der Waals surface area contributed by atoms with Gasteiger partial charge in [-0.25, -0.2) is 19.7 Å². The van der Waals surface area contributed by atoms with Crippen LogP contribution in [-0.4, -0.2) is 44.8 Å². The van der Waals surface area contributed by atoms with E-state index >= 15 is 0 Å². The highest BCUT2D eigenvalue weighted by atomic mass is 32.1. The first-order valence-electron chi connectivity index (χ1n) is 11.3. The summed E-state index contributed by atoms with van der Waals surface area (Å²) >= 11 is 1.54. The molecule has 0 spiro atoms. The summed E-state index contributed by atoms with van der Waals surface area (Å²) in [6.45, 7) is 2.91. The van der Waals surface area contributed by atoms with Crippen LogP contribution in [0.2, 0.25) is 0 Å². The maximum atomic E-state index is 12.8. The molecule has 2 amide bonds. The number of carbonyl (C=O) groups excluding carboxylic acids is 1. The smallest absolute Gasteiger partial charge is 0.416 e. The van der Waals surface area contributed by atoms with Crippen LogP contribution in [0.25, 0.3) is 10.4 Å². The van der Waals surface area contributed by atoms with Gasteiger partial charge in [0.05, 0.1) is 47.2 Å². The molecule has 0 aliphatic carbocycles. The number of halogens is 3. The molecule has 0 saturated carbocycles. The van der Waals surface area contributed by atoms with Crippen LogP contribution in [0.1, 0.15) is 12.5 Å². The number of rotatable bonds is 6. The van der Waals surface area contributed by atoms with Crippen molar-refractivity contribution in [3.8, 4) is 22.2 Å². The zero-order valence-corrected chi connectivity index (χ0v) is 20.7. The van der Waals surface area contributed by atoms with Crippen molar-refractivity contribution in [3.63, 3.8) is 0 Å². The number of nitrogens with zero attached hydrogens (tertiary/aromatic N) is 4. The van der Waals surface area contributed by atoms with Gasteiger partial charge in [0, 0.05) is 11.9 Å². The lowest BCUT2D eigenvalue weighted by atomic mass is 9.98. The molecular weight excluding hydrogens is 521 g/mol. The Labute approximate surface area is 219 Å². The molecule has 0 unspecified atom stereocenters. The molecule has 9 nitrogen and oxygen atoms in total. The molecule has 3 heterocycles. The Bertz CT molecular complexity index is 1430.